The molecule has 1 saturated heterocycles. The number of hydrogen-bond acceptors (Lipinski definition) is 8. The summed E-state index contributed by atoms with van der Waals surface area (Å²) >= 11 is 0. The first-order chi connectivity index (χ1) is 24.8. The molecule has 4 aromatic rings. The molecule has 0 bridgehead atoms. The Labute approximate surface area is 307 Å². The fourth-order valence-electron chi connectivity index (χ4n) is 7.62. The molecular formula is C42H53N5O5. The normalized spacial score (nSPS) is 20.9. The summed E-state index contributed by atoms with van der Waals surface area (Å²) in [5.41, 5.74) is 2.94. The summed E-state index contributed by atoms with van der Waals surface area (Å²) < 4.78 is 6.37. The number of carbonyl (C=O) groups excluding carboxylic acids is 2. The van der Waals surface area contributed by atoms with E-state index in [1.54, 1.807) is 12.4 Å². The number of aromatic nitrogens is 1. The Kier molecular flexibility index (Phi) is 11.3. The van der Waals surface area contributed by atoms with Crippen molar-refractivity contribution in [3.8, 4) is 11.3 Å². The van der Waals surface area contributed by atoms with Gasteiger partial charge in [-0.25, -0.2) is 0 Å². The first kappa shape index (κ1) is 37.4. The summed E-state index contributed by atoms with van der Waals surface area (Å²) in [6.45, 7) is 12.0. The summed E-state index contributed by atoms with van der Waals surface area (Å²) in [7, 11) is 0. The highest BCUT2D eigenvalue weighted by molar-refractivity contribution is 5.83. The first-order valence-corrected chi connectivity index (χ1v) is 18.4. The van der Waals surface area contributed by atoms with E-state index in [4.69, 9.17) is 4.42 Å². The second kappa shape index (κ2) is 15.7. The zero-order valence-corrected chi connectivity index (χ0v) is 31.0. The lowest BCUT2D eigenvalue weighted by atomic mass is 9.91. The highest BCUT2D eigenvalue weighted by atomic mass is 16.3. The third-order valence-corrected chi connectivity index (χ3v) is 10.5. The van der Waals surface area contributed by atoms with Crippen molar-refractivity contribution < 1.29 is 24.2 Å². The molecule has 1 aliphatic heterocycles. The van der Waals surface area contributed by atoms with Crippen LogP contribution in [0.2, 0.25) is 0 Å². The Morgan fingerprint density at radius 2 is 1.65 bits per heavy atom. The molecule has 0 spiro atoms. The van der Waals surface area contributed by atoms with E-state index in [-0.39, 0.29) is 24.8 Å². The fourth-order valence-corrected chi connectivity index (χ4v) is 7.62. The number of nitrogens with one attached hydrogen (secondary N) is 2. The van der Waals surface area contributed by atoms with E-state index < -0.39 is 41.3 Å². The van der Waals surface area contributed by atoms with Crippen LogP contribution in [0, 0.1) is 5.92 Å². The Morgan fingerprint density at radius 1 is 0.942 bits per heavy atom. The topological polar surface area (TPSA) is 131 Å². The molecule has 3 heterocycles. The fraction of sp³-hybridized carbons (Fsp3) is 0.452. The SMILES string of the molecule is CC(C)(C)NC(=O)[C@@H]1CN(C(C)(C)c2ccc(-c3ccncc3)o2)CCN1C[C@@H](O)C[C@@H](Cc1ccccc1)C(=O)N[C@H]1c2ccccc2C[C@H]1O. The van der Waals surface area contributed by atoms with Gasteiger partial charge in [-0.05, 0) is 88.4 Å². The van der Waals surface area contributed by atoms with Crippen molar-refractivity contribution in [2.45, 2.75) is 89.3 Å². The zero-order valence-electron chi connectivity index (χ0n) is 31.0. The first-order valence-electron chi connectivity index (χ1n) is 18.4. The number of aliphatic hydroxyl groups excluding tert-OH is 2. The van der Waals surface area contributed by atoms with Crippen molar-refractivity contribution in [2.24, 2.45) is 5.92 Å². The number of nitrogens with zero attached hydrogens (tertiary/aromatic N) is 3. The van der Waals surface area contributed by atoms with Crippen LogP contribution in [-0.4, -0.2) is 86.8 Å². The minimum absolute atomic E-state index is 0.107. The summed E-state index contributed by atoms with van der Waals surface area (Å²) in [5, 5.41) is 28.8. The highest BCUT2D eigenvalue weighted by Crippen LogP contribution is 2.35. The minimum atomic E-state index is -0.877. The molecule has 10 heteroatoms. The van der Waals surface area contributed by atoms with E-state index in [2.05, 4.69) is 39.3 Å². The van der Waals surface area contributed by atoms with Gasteiger partial charge in [0, 0.05) is 62.0 Å². The number of furan rings is 1. The Balaban J connectivity index is 1.18. The average molecular weight is 708 g/mol. The van der Waals surface area contributed by atoms with Gasteiger partial charge in [-0.2, -0.15) is 0 Å². The lowest BCUT2D eigenvalue weighted by Crippen LogP contribution is -2.64. The molecule has 1 aliphatic carbocycles. The van der Waals surface area contributed by atoms with Crippen LogP contribution in [0.15, 0.2) is 95.7 Å². The van der Waals surface area contributed by atoms with Gasteiger partial charge in [-0.15, -0.1) is 0 Å². The Bertz CT molecular complexity index is 1800. The largest absolute Gasteiger partial charge is 0.459 e. The third-order valence-electron chi connectivity index (χ3n) is 10.5. The quantitative estimate of drug-likeness (QED) is 0.164. The van der Waals surface area contributed by atoms with E-state index in [9.17, 15) is 19.8 Å². The maximum absolute atomic E-state index is 14.0. The summed E-state index contributed by atoms with van der Waals surface area (Å²) in [6.07, 6.45) is 3.02. The second-order valence-corrected chi connectivity index (χ2v) is 15.9. The molecule has 2 aromatic carbocycles. The number of β-amino-alcohol motifs (C(OH)–C–C–N with tert-alkyl or cyclic N) is 1. The lowest BCUT2D eigenvalue weighted by molar-refractivity contribution is -0.134. The molecular weight excluding hydrogens is 654 g/mol. The maximum atomic E-state index is 14.0. The average Bonchev–Trinajstić information content (AvgIpc) is 3.74. The van der Waals surface area contributed by atoms with E-state index in [1.807, 2.05) is 99.6 Å². The van der Waals surface area contributed by atoms with Crippen molar-refractivity contribution in [3.05, 3.63) is 114 Å². The molecule has 6 rings (SSSR count). The van der Waals surface area contributed by atoms with Gasteiger partial charge in [0.1, 0.15) is 17.6 Å². The van der Waals surface area contributed by atoms with Crippen molar-refractivity contribution in [1.29, 1.82) is 0 Å². The lowest BCUT2D eigenvalue weighted by Gasteiger charge is -2.47. The molecule has 4 N–H and O–H groups in total. The predicted octanol–water partition coefficient (Wildman–Crippen LogP) is 4.86. The summed E-state index contributed by atoms with van der Waals surface area (Å²) in [4.78, 5) is 36.3. The van der Waals surface area contributed by atoms with Crippen molar-refractivity contribution in [1.82, 2.24) is 25.4 Å². The van der Waals surface area contributed by atoms with Crippen LogP contribution in [0.25, 0.3) is 11.3 Å². The molecule has 2 amide bonds. The molecule has 276 valence electrons. The van der Waals surface area contributed by atoms with Crippen LogP contribution >= 0.6 is 0 Å². The Morgan fingerprint density at radius 3 is 2.38 bits per heavy atom. The molecule has 0 saturated carbocycles. The minimum Gasteiger partial charge on any atom is -0.459 e. The summed E-state index contributed by atoms with van der Waals surface area (Å²) in [5.74, 6) is 0.696. The number of amides is 2. The molecule has 10 nitrogen and oxygen atoms in total. The van der Waals surface area contributed by atoms with Crippen LogP contribution in [0.5, 0.6) is 0 Å². The van der Waals surface area contributed by atoms with Gasteiger partial charge in [0.25, 0.3) is 0 Å². The van der Waals surface area contributed by atoms with Gasteiger partial charge in [-0.1, -0.05) is 54.6 Å². The highest BCUT2D eigenvalue weighted by Gasteiger charge is 2.42. The molecule has 2 aromatic heterocycles. The number of piperazine rings is 1. The van der Waals surface area contributed by atoms with Gasteiger partial charge in [0.05, 0.1) is 23.8 Å². The molecule has 5 atom stereocenters. The summed E-state index contributed by atoms with van der Waals surface area (Å²) in [6, 6.07) is 24.3. The number of pyridine rings is 1. The van der Waals surface area contributed by atoms with Crippen LogP contribution in [0.4, 0.5) is 0 Å². The number of fused-ring (bicyclic) bond motifs is 1. The second-order valence-electron chi connectivity index (χ2n) is 15.9. The number of hydrogen-bond donors (Lipinski definition) is 4. The van der Waals surface area contributed by atoms with Crippen LogP contribution in [0.3, 0.4) is 0 Å². The van der Waals surface area contributed by atoms with E-state index in [0.717, 1.165) is 33.8 Å². The van der Waals surface area contributed by atoms with Gasteiger partial charge in [0.15, 0.2) is 0 Å². The Hall–Kier alpha value is -4.35. The molecule has 0 unspecified atom stereocenters. The van der Waals surface area contributed by atoms with Crippen molar-refractivity contribution in [3.63, 3.8) is 0 Å². The monoisotopic (exact) mass is 707 g/mol. The van der Waals surface area contributed by atoms with Crippen LogP contribution < -0.4 is 10.6 Å². The molecule has 1 fully saturated rings. The molecule has 0 radical (unpaired) electrons. The van der Waals surface area contributed by atoms with Crippen LogP contribution in [-0.2, 0) is 28.0 Å². The smallest absolute Gasteiger partial charge is 0.239 e. The standard InChI is InChI=1S/C42H53N5O5/c1-41(2,3)45-40(51)34-27-47(42(4,5)37-16-15-36(52-37)29-17-19-43-20-18-29)22-21-46(34)26-32(48)24-31(23-28-11-7-6-8-12-28)39(50)44-38-33-14-10-9-13-30(33)25-35(38)49/h6-20,31-32,34-35,38,48-49H,21-27H2,1-5H3,(H,44,50)(H,45,51)/t31-,32+,34+,35-,38+/m1/s1. The van der Waals surface area contributed by atoms with Gasteiger partial charge >= 0.3 is 0 Å². The van der Waals surface area contributed by atoms with Gasteiger partial charge in [0.2, 0.25) is 11.8 Å². The molecule has 2 aliphatic rings. The molecule has 52 heavy (non-hydrogen) atoms. The third kappa shape index (κ3) is 8.81. The zero-order chi connectivity index (χ0) is 37.0. The number of carbonyl (C=O) groups is 2. The van der Waals surface area contributed by atoms with Gasteiger partial charge in [-0.3, -0.25) is 24.4 Å². The predicted molar refractivity (Wildman–Crippen MR) is 201 cm³/mol. The number of aliphatic hydroxyl groups is 2. The number of rotatable bonds is 12. The van der Waals surface area contributed by atoms with E-state index in [0.29, 0.717) is 32.5 Å². The van der Waals surface area contributed by atoms with Gasteiger partial charge < -0.3 is 25.3 Å². The van der Waals surface area contributed by atoms with Crippen LogP contribution in [0.1, 0.15) is 69.5 Å². The van der Waals surface area contributed by atoms with Crippen molar-refractivity contribution >= 4 is 11.8 Å². The number of benzene rings is 2. The maximum Gasteiger partial charge on any atom is 0.239 e. The van der Waals surface area contributed by atoms with Crippen molar-refractivity contribution in [2.75, 3.05) is 26.2 Å². The van der Waals surface area contributed by atoms with E-state index >= 15 is 0 Å². The van der Waals surface area contributed by atoms with E-state index in [1.165, 1.54) is 0 Å².